The minimum Gasteiger partial charge on any atom is -0.508 e. The fraction of sp³-hybridized carbons (Fsp3) is 0.378. The minimum atomic E-state index is -0.955. The summed E-state index contributed by atoms with van der Waals surface area (Å²) in [5.41, 5.74) is -0.307. The molecule has 260 valence electrons. The molecule has 4 saturated heterocycles. The monoisotopic (exact) mass is 694 g/mol. The van der Waals surface area contributed by atoms with Gasteiger partial charge in [0.25, 0.3) is 0 Å². The molecule has 1 amide bonds. The van der Waals surface area contributed by atoms with Crippen molar-refractivity contribution in [3.8, 4) is 35.2 Å². The number of nitrogens with zero attached hydrogens (tertiary/aromatic N) is 8. The van der Waals surface area contributed by atoms with Crippen molar-refractivity contribution >= 4 is 33.5 Å². The largest absolute Gasteiger partial charge is 0.508 e. The van der Waals surface area contributed by atoms with Crippen LogP contribution in [0.1, 0.15) is 37.7 Å². The number of amides is 1. The Morgan fingerprint density at radius 1 is 1.08 bits per heavy atom. The number of carbonyl (C=O) groups is 1. The predicted molar refractivity (Wildman–Crippen MR) is 182 cm³/mol. The van der Waals surface area contributed by atoms with E-state index in [4.69, 9.17) is 16.1 Å². The minimum absolute atomic E-state index is 0.0355. The molecule has 9 rings (SSSR count). The number of phenols is 1. The molecule has 0 saturated carbocycles. The van der Waals surface area contributed by atoms with Gasteiger partial charge in [-0.1, -0.05) is 18.1 Å². The van der Waals surface area contributed by atoms with E-state index in [2.05, 4.69) is 25.9 Å². The van der Waals surface area contributed by atoms with Gasteiger partial charge in [-0.3, -0.25) is 4.90 Å². The Morgan fingerprint density at radius 3 is 2.67 bits per heavy atom. The van der Waals surface area contributed by atoms with E-state index in [-0.39, 0.29) is 64.1 Å². The maximum Gasteiger partial charge on any atom is 0.346 e. The Balaban J connectivity index is 1.15. The van der Waals surface area contributed by atoms with Crippen LogP contribution in [0.2, 0.25) is 0 Å². The zero-order chi connectivity index (χ0) is 35.0. The number of anilines is 1. The van der Waals surface area contributed by atoms with Gasteiger partial charge in [0, 0.05) is 42.4 Å². The molecule has 0 spiro atoms. The van der Waals surface area contributed by atoms with E-state index < -0.39 is 23.3 Å². The number of phenolic OH excluding ortho intramolecular Hbond substituents is 1. The quantitative estimate of drug-likeness (QED) is 0.246. The van der Waals surface area contributed by atoms with E-state index in [1.807, 2.05) is 9.80 Å². The molecular formula is C37H33F3N8O3. The summed E-state index contributed by atoms with van der Waals surface area (Å²) in [4.78, 5) is 32.7. The molecular weight excluding hydrogens is 661 g/mol. The number of aromatic nitrogens is 5. The van der Waals surface area contributed by atoms with Gasteiger partial charge in [0.1, 0.15) is 48.3 Å². The van der Waals surface area contributed by atoms with Crippen LogP contribution in [0.3, 0.4) is 0 Å². The summed E-state index contributed by atoms with van der Waals surface area (Å²) >= 11 is 0. The summed E-state index contributed by atoms with van der Waals surface area (Å²) in [5.74, 6) is 1.31. The van der Waals surface area contributed by atoms with Gasteiger partial charge in [0.15, 0.2) is 5.82 Å². The lowest BCUT2D eigenvalue weighted by atomic mass is 9.93. The molecule has 0 radical (unpaired) electrons. The lowest BCUT2D eigenvalue weighted by Crippen LogP contribution is -2.57. The average molecular weight is 695 g/mol. The second kappa shape index (κ2) is 11.8. The first-order valence-electron chi connectivity index (χ1n) is 17.1. The van der Waals surface area contributed by atoms with E-state index in [9.17, 15) is 18.7 Å². The summed E-state index contributed by atoms with van der Waals surface area (Å²) in [7, 11) is 0. The molecule has 2 aromatic heterocycles. The first-order valence-corrected chi connectivity index (χ1v) is 17.1. The van der Waals surface area contributed by atoms with Crippen molar-refractivity contribution in [1.29, 1.82) is 0 Å². The number of fused-ring (bicyclic) bond motifs is 5. The zero-order valence-electron chi connectivity index (χ0n) is 27.5. The molecule has 1 N–H and O–H groups in total. The Hall–Kier alpha value is -5.42. The number of aromatic hydroxyl groups is 1. The molecule has 4 aliphatic rings. The van der Waals surface area contributed by atoms with E-state index in [0.717, 1.165) is 32.2 Å². The lowest BCUT2D eigenvalue weighted by Gasteiger charge is -2.41. The Labute approximate surface area is 290 Å². The van der Waals surface area contributed by atoms with Crippen molar-refractivity contribution in [3.63, 3.8) is 0 Å². The molecule has 6 heterocycles. The number of carbonyl (C=O) groups excluding carboxylic acids is 1. The molecule has 5 aromatic rings. The second-order valence-corrected chi connectivity index (χ2v) is 14.0. The maximum atomic E-state index is 17.1. The molecule has 51 heavy (non-hydrogen) atoms. The summed E-state index contributed by atoms with van der Waals surface area (Å²) < 4.78 is 54.1. The first-order chi connectivity index (χ1) is 24.7. The number of ether oxygens (including phenoxy) is 1. The SMILES string of the molecule is C#Cc1c(F)ccc2cc(O)cc(-c3ccc4c(N5CC6CCC(C5)N6C(=O)n5cncn5)nc(OC[C@@]56CCCN5C[C@H](F)C6)nc4c3F)c12. The third-order valence-corrected chi connectivity index (χ3v) is 11.1. The van der Waals surface area contributed by atoms with E-state index in [1.165, 1.54) is 41.6 Å². The maximum absolute atomic E-state index is 17.1. The number of halogens is 3. The molecule has 14 heteroatoms. The highest BCUT2D eigenvalue weighted by atomic mass is 19.1. The fourth-order valence-corrected chi connectivity index (χ4v) is 8.88. The number of alkyl halides is 1. The molecule has 2 unspecified atom stereocenters. The Morgan fingerprint density at radius 2 is 1.90 bits per heavy atom. The Bertz CT molecular complexity index is 2250. The summed E-state index contributed by atoms with van der Waals surface area (Å²) in [5, 5.41) is 15.8. The third-order valence-electron chi connectivity index (χ3n) is 11.1. The predicted octanol–water partition coefficient (Wildman–Crippen LogP) is 5.28. The number of hydrogen-bond donors (Lipinski definition) is 1. The van der Waals surface area contributed by atoms with Gasteiger partial charge in [-0.05, 0) is 67.4 Å². The van der Waals surface area contributed by atoms with Crippen LogP contribution < -0.4 is 9.64 Å². The third kappa shape index (κ3) is 5.04. The van der Waals surface area contributed by atoms with Crippen LogP contribution in [0, 0.1) is 24.0 Å². The second-order valence-electron chi connectivity index (χ2n) is 14.0. The van der Waals surface area contributed by atoms with Gasteiger partial charge >= 0.3 is 12.0 Å². The van der Waals surface area contributed by atoms with Crippen LogP contribution in [0.5, 0.6) is 11.8 Å². The van der Waals surface area contributed by atoms with Crippen molar-refractivity contribution in [2.75, 3.05) is 37.7 Å². The smallest absolute Gasteiger partial charge is 0.346 e. The van der Waals surface area contributed by atoms with Crippen LogP contribution in [-0.4, -0.2) is 102 Å². The van der Waals surface area contributed by atoms with Crippen LogP contribution in [0.4, 0.5) is 23.8 Å². The van der Waals surface area contributed by atoms with Crippen LogP contribution >= 0.6 is 0 Å². The highest BCUT2D eigenvalue weighted by molar-refractivity contribution is 6.04. The number of rotatable bonds is 5. The molecule has 4 aliphatic heterocycles. The lowest BCUT2D eigenvalue weighted by molar-refractivity contribution is 0.107. The number of benzene rings is 3. The van der Waals surface area contributed by atoms with Crippen LogP contribution in [0.15, 0.2) is 49.1 Å². The fourth-order valence-electron chi connectivity index (χ4n) is 8.88. The molecule has 3 aromatic carbocycles. The van der Waals surface area contributed by atoms with E-state index in [0.29, 0.717) is 42.6 Å². The van der Waals surface area contributed by atoms with Crippen molar-refractivity contribution < 1.29 is 27.8 Å². The van der Waals surface area contributed by atoms with Crippen molar-refractivity contribution in [2.24, 2.45) is 0 Å². The van der Waals surface area contributed by atoms with E-state index in [1.54, 1.807) is 12.1 Å². The van der Waals surface area contributed by atoms with Crippen LogP contribution in [-0.2, 0) is 0 Å². The van der Waals surface area contributed by atoms with E-state index >= 15 is 4.39 Å². The average Bonchev–Trinajstić information content (AvgIpc) is 3.90. The number of hydrogen-bond acceptors (Lipinski definition) is 9. The topological polar surface area (TPSA) is 113 Å². The zero-order valence-corrected chi connectivity index (χ0v) is 27.5. The highest BCUT2D eigenvalue weighted by Crippen LogP contribution is 2.43. The summed E-state index contributed by atoms with van der Waals surface area (Å²) in [6.45, 7) is 2.13. The van der Waals surface area contributed by atoms with Crippen molar-refractivity contribution in [1.82, 2.24) is 34.5 Å². The van der Waals surface area contributed by atoms with Gasteiger partial charge in [0.05, 0.1) is 23.2 Å². The first kappa shape index (κ1) is 31.6. The number of terminal acetylenes is 1. The number of piperazine rings is 1. The van der Waals surface area contributed by atoms with Gasteiger partial charge in [-0.15, -0.1) is 6.42 Å². The molecule has 4 atom stereocenters. The molecule has 11 nitrogen and oxygen atoms in total. The van der Waals surface area contributed by atoms with Gasteiger partial charge in [0.2, 0.25) is 0 Å². The standard InChI is InChI=1S/C37H33F3N8O3/c1-2-26-30(39)9-4-21-12-25(49)13-29(31(21)26)27-7-8-28-33(32(27)40)43-35(51-18-37-10-3-11-46(37)15-22(38)14-37)44-34(28)45-16-23-5-6-24(17-45)48(23)36(50)47-20-41-19-42-47/h1,4,7-9,12-13,19-20,22-24,49H,3,5-6,10-11,14-18H2/t22-,23?,24?,37+/m1/s1. The van der Waals surface area contributed by atoms with Crippen molar-refractivity contribution in [2.45, 2.75) is 55.9 Å². The van der Waals surface area contributed by atoms with Gasteiger partial charge < -0.3 is 19.6 Å². The highest BCUT2D eigenvalue weighted by Gasteiger charge is 2.49. The molecule has 0 aliphatic carbocycles. The molecule has 2 bridgehead atoms. The van der Waals surface area contributed by atoms with Crippen LogP contribution in [0.25, 0.3) is 32.8 Å². The normalized spacial score (nSPS) is 24.4. The Kier molecular flexibility index (Phi) is 7.32. The summed E-state index contributed by atoms with van der Waals surface area (Å²) in [6, 6.07) is 8.15. The molecule has 4 fully saturated rings. The van der Waals surface area contributed by atoms with Gasteiger partial charge in [-0.25, -0.2) is 22.9 Å². The summed E-state index contributed by atoms with van der Waals surface area (Å²) in [6.07, 6.45) is 11.1. The van der Waals surface area contributed by atoms with Crippen molar-refractivity contribution in [3.05, 3.63) is 66.3 Å². The van der Waals surface area contributed by atoms with Gasteiger partial charge in [-0.2, -0.15) is 19.7 Å².